The van der Waals surface area contributed by atoms with Gasteiger partial charge in [-0.15, -0.1) is 0 Å². The van der Waals surface area contributed by atoms with Gasteiger partial charge in [0.05, 0.1) is 5.76 Å². The average molecular weight is 232 g/mol. The molecule has 0 heterocycles. The van der Waals surface area contributed by atoms with Crippen LogP contribution in [0.3, 0.4) is 0 Å². The normalized spacial score (nSPS) is 12.7. The summed E-state index contributed by atoms with van der Waals surface area (Å²) in [6, 6.07) is 0. The molecule has 2 nitrogen and oxygen atoms in total. The van der Waals surface area contributed by atoms with E-state index in [4.69, 9.17) is 8.85 Å². The molecule has 0 atom stereocenters. The van der Waals surface area contributed by atoms with Crippen LogP contribution >= 0.6 is 0 Å². The summed E-state index contributed by atoms with van der Waals surface area (Å²) in [5, 5.41) is 0. The van der Waals surface area contributed by atoms with Crippen LogP contribution in [0.1, 0.15) is 6.42 Å². The van der Waals surface area contributed by atoms with Crippen LogP contribution in [0.15, 0.2) is 12.3 Å². The Morgan fingerprint density at radius 1 is 1.00 bits per heavy atom. The Labute approximate surface area is 90.6 Å². The number of hydrogen-bond acceptors (Lipinski definition) is 2. The van der Waals surface area contributed by atoms with Gasteiger partial charge in [-0.3, -0.25) is 0 Å². The molecule has 0 aliphatic carbocycles. The highest BCUT2D eigenvalue weighted by atomic mass is 28.4. The van der Waals surface area contributed by atoms with Crippen molar-refractivity contribution in [2.75, 3.05) is 6.61 Å². The molecule has 0 rings (SSSR count). The lowest BCUT2D eigenvalue weighted by atomic mass is 10.4. The monoisotopic (exact) mass is 232 g/mol. The Bertz CT molecular complexity index is 189. The second kappa shape index (κ2) is 5.14. The van der Waals surface area contributed by atoms with E-state index in [1.54, 1.807) is 0 Å². The second-order valence-corrected chi connectivity index (χ2v) is 14.4. The van der Waals surface area contributed by atoms with E-state index in [9.17, 15) is 0 Å². The molecule has 0 radical (unpaired) electrons. The van der Waals surface area contributed by atoms with Crippen LogP contribution in [0.25, 0.3) is 0 Å². The van der Waals surface area contributed by atoms with Gasteiger partial charge in [-0.1, -0.05) is 6.58 Å². The molecular formula is C10H24O2Si2. The molecule has 14 heavy (non-hydrogen) atoms. The summed E-state index contributed by atoms with van der Waals surface area (Å²) in [4.78, 5) is 0. The SMILES string of the molecule is C=C(CCO[Si](C)(C)C)O[Si](C)(C)C. The van der Waals surface area contributed by atoms with Gasteiger partial charge < -0.3 is 8.85 Å². The molecular weight excluding hydrogens is 208 g/mol. The fourth-order valence-electron chi connectivity index (χ4n) is 0.955. The topological polar surface area (TPSA) is 18.5 Å². The first kappa shape index (κ1) is 13.9. The summed E-state index contributed by atoms with van der Waals surface area (Å²) in [5.41, 5.74) is 0. The van der Waals surface area contributed by atoms with Crippen LogP contribution in [-0.4, -0.2) is 23.2 Å². The molecule has 0 saturated heterocycles. The van der Waals surface area contributed by atoms with Crippen LogP contribution < -0.4 is 0 Å². The Kier molecular flexibility index (Phi) is 5.11. The van der Waals surface area contributed by atoms with Gasteiger partial charge in [0.1, 0.15) is 0 Å². The van der Waals surface area contributed by atoms with Crippen molar-refractivity contribution < 1.29 is 8.85 Å². The predicted octanol–water partition coefficient (Wildman–Crippen LogP) is 3.59. The van der Waals surface area contributed by atoms with E-state index in [0.29, 0.717) is 0 Å². The highest BCUT2D eigenvalue weighted by Crippen LogP contribution is 2.12. The van der Waals surface area contributed by atoms with Crippen molar-refractivity contribution in [3.63, 3.8) is 0 Å². The van der Waals surface area contributed by atoms with Crippen LogP contribution in [0, 0.1) is 0 Å². The predicted molar refractivity (Wildman–Crippen MR) is 67.5 cm³/mol. The lowest BCUT2D eigenvalue weighted by Gasteiger charge is -2.22. The van der Waals surface area contributed by atoms with Crippen LogP contribution in [0.4, 0.5) is 0 Å². The van der Waals surface area contributed by atoms with Gasteiger partial charge in [-0.2, -0.15) is 0 Å². The molecule has 0 fully saturated rings. The number of hydrogen-bond donors (Lipinski definition) is 0. The zero-order valence-corrected chi connectivity index (χ0v) is 12.4. The summed E-state index contributed by atoms with van der Waals surface area (Å²) >= 11 is 0. The van der Waals surface area contributed by atoms with Crippen molar-refractivity contribution in [1.29, 1.82) is 0 Å². The zero-order valence-electron chi connectivity index (χ0n) is 10.4. The van der Waals surface area contributed by atoms with E-state index in [2.05, 4.69) is 45.9 Å². The molecule has 0 aromatic carbocycles. The lowest BCUT2D eigenvalue weighted by Crippen LogP contribution is -2.27. The van der Waals surface area contributed by atoms with Crippen LogP contribution in [0.5, 0.6) is 0 Å². The summed E-state index contributed by atoms with van der Waals surface area (Å²) in [5.74, 6) is 0.877. The molecule has 0 unspecified atom stereocenters. The van der Waals surface area contributed by atoms with Crippen molar-refractivity contribution in [3.8, 4) is 0 Å². The molecule has 0 N–H and O–H groups in total. The average Bonchev–Trinajstić information content (AvgIpc) is 1.78. The molecule has 0 aliphatic heterocycles. The highest BCUT2D eigenvalue weighted by molar-refractivity contribution is 6.70. The molecule has 0 aliphatic rings. The standard InChI is InChI=1S/C10H24O2Si2/c1-10(12-14(5,6)7)8-9-11-13(2,3)4/h1,8-9H2,2-7H3. The van der Waals surface area contributed by atoms with Gasteiger partial charge in [0.2, 0.25) is 8.32 Å². The maximum Gasteiger partial charge on any atom is 0.241 e. The molecule has 0 spiro atoms. The summed E-state index contributed by atoms with van der Waals surface area (Å²) in [7, 11) is -2.83. The smallest absolute Gasteiger partial charge is 0.241 e. The molecule has 84 valence electrons. The fourth-order valence-corrected chi connectivity index (χ4v) is 2.64. The maximum atomic E-state index is 5.73. The number of rotatable bonds is 6. The molecule has 0 saturated carbocycles. The van der Waals surface area contributed by atoms with Crippen LogP contribution in [0.2, 0.25) is 39.3 Å². The van der Waals surface area contributed by atoms with Crippen molar-refractivity contribution in [1.82, 2.24) is 0 Å². The molecule has 4 heteroatoms. The Balaban J connectivity index is 3.66. The minimum atomic E-state index is -1.46. The first-order chi connectivity index (χ1) is 6.10. The van der Waals surface area contributed by atoms with Crippen molar-refractivity contribution >= 4 is 16.6 Å². The first-order valence-electron chi connectivity index (χ1n) is 5.11. The van der Waals surface area contributed by atoms with E-state index in [1.165, 1.54) is 0 Å². The van der Waals surface area contributed by atoms with Gasteiger partial charge in [-0.05, 0) is 39.3 Å². The Morgan fingerprint density at radius 3 is 1.86 bits per heavy atom. The third kappa shape index (κ3) is 10.0. The lowest BCUT2D eigenvalue weighted by molar-refractivity contribution is 0.287. The zero-order chi connectivity index (χ0) is 11.4. The Hall–Kier alpha value is -0.0662. The summed E-state index contributed by atoms with van der Waals surface area (Å²) in [6.45, 7) is 17.7. The summed E-state index contributed by atoms with van der Waals surface area (Å²) in [6.07, 6.45) is 0.828. The van der Waals surface area contributed by atoms with E-state index in [1.807, 2.05) is 0 Å². The molecule has 0 aromatic rings. The third-order valence-electron chi connectivity index (χ3n) is 1.37. The second-order valence-electron chi connectivity index (χ2n) is 5.46. The van der Waals surface area contributed by atoms with E-state index in [-0.39, 0.29) is 0 Å². The van der Waals surface area contributed by atoms with Gasteiger partial charge in [0, 0.05) is 13.0 Å². The van der Waals surface area contributed by atoms with Crippen molar-refractivity contribution in [2.24, 2.45) is 0 Å². The first-order valence-corrected chi connectivity index (χ1v) is 11.9. The van der Waals surface area contributed by atoms with Gasteiger partial charge in [0.25, 0.3) is 0 Å². The maximum absolute atomic E-state index is 5.73. The Morgan fingerprint density at radius 2 is 1.50 bits per heavy atom. The third-order valence-corrected chi connectivity index (χ3v) is 3.34. The van der Waals surface area contributed by atoms with Gasteiger partial charge in [0.15, 0.2) is 8.32 Å². The van der Waals surface area contributed by atoms with E-state index < -0.39 is 16.6 Å². The van der Waals surface area contributed by atoms with E-state index in [0.717, 1.165) is 18.8 Å². The molecule has 0 aromatic heterocycles. The largest absolute Gasteiger partial charge is 0.548 e. The minimum absolute atomic E-state index is 0.749. The van der Waals surface area contributed by atoms with Crippen LogP contribution in [-0.2, 0) is 8.85 Å². The fraction of sp³-hybridized carbons (Fsp3) is 0.800. The molecule has 0 amide bonds. The minimum Gasteiger partial charge on any atom is -0.548 e. The quantitative estimate of drug-likeness (QED) is 0.515. The van der Waals surface area contributed by atoms with E-state index >= 15 is 0 Å². The van der Waals surface area contributed by atoms with Crippen molar-refractivity contribution in [2.45, 2.75) is 45.7 Å². The van der Waals surface area contributed by atoms with Gasteiger partial charge in [-0.25, -0.2) is 0 Å². The van der Waals surface area contributed by atoms with Gasteiger partial charge >= 0.3 is 0 Å². The highest BCUT2D eigenvalue weighted by Gasteiger charge is 2.18. The van der Waals surface area contributed by atoms with Crippen molar-refractivity contribution in [3.05, 3.63) is 12.3 Å². The summed E-state index contributed by atoms with van der Waals surface area (Å²) < 4.78 is 11.5. The molecule has 0 bridgehead atoms.